The Bertz CT molecular complexity index is 1780. The fraction of sp³-hybridized carbons (Fsp3) is 0.625. The van der Waals surface area contributed by atoms with Crippen LogP contribution in [0.3, 0.4) is 0 Å². The van der Waals surface area contributed by atoms with Crippen LogP contribution in [0.4, 0.5) is 10.1 Å². The molecule has 5 rings (SSSR count). The number of allylic oxidation sites excluding steroid dienone is 1. The number of carbonyl (C=O) groups excluding carboxylic acids is 1. The van der Waals surface area contributed by atoms with E-state index in [0.717, 1.165) is 42.5 Å². The quantitative estimate of drug-likeness (QED) is 0.113. The van der Waals surface area contributed by atoms with Gasteiger partial charge in [-0.2, -0.15) is 3.85 Å². The molecule has 1 heterocycles. The van der Waals surface area contributed by atoms with Crippen LogP contribution in [-0.2, 0) is 31.3 Å². The lowest BCUT2D eigenvalue weighted by Crippen LogP contribution is -2.50. The smallest absolute Gasteiger partial charge is 0.338 e. The van der Waals surface area contributed by atoms with Crippen molar-refractivity contribution in [3.63, 3.8) is 0 Å². The predicted octanol–water partition coefficient (Wildman–Crippen LogP) is 9.39. The van der Waals surface area contributed by atoms with Crippen molar-refractivity contribution in [2.45, 2.75) is 102 Å². The summed E-state index contributed by atoms with van der Waals surface area (Å²) in [6.07, 6.45) is 7.00. The summed E-state index contributed by atoms with van der Waals surface area (Å²) in [7, 11) is -1.17. The lowest BCUT2D eigenvalue weighted by atomic mass is 9.67. The molecule has 0 saturated heterocycles. The summed E-state index contributed by atoms with van der Waals surface area (Å²) in [6.45, 7) is 17.0. The van der Waals surface area contributed by atoms with Crippen molar-refractivity contribution in [2.75, 3.05) is 45.0 Å². The minimum atomic E-state index is -3.36. The van der Waals surface area contributed by atoms with Gasteiger partial charge in [-0.3, -0.25) is 0 Å². The Hall–Kier alpha value is -1.80. The number of benzene rings is 2. The van der Waals surface area contributed by atoms with Crippen LogP contribution in [0.15, 0.2) is 42.0 Å². The second-order valence-electron chi connectivity index (χ2n) is 16.2. The van der Waals surface area contributed by atoms with Gasteiger partial charge in [-0.25, -0.2) is 17.6 Å². The molecule has 1 fully saturated rings. The van der Waals surface area contributed by atoms with Crippen LogP contribution in [0.5, 0.6) is 5.75 Å². The first-order valence-electron chi connectivity index (χ1n) is 18.8. The monoisotopic (exact) mass is 810 g/mol. The molecule has 8 atom stereocenters. The minimum Gasteiger partial charge on any atom is -0.490 e. The minimum absolute atomic E-state index is 0.0538. The van der Waals surface area contributed by atoms with Crippen LogP contribution < -0.4 is 9.64 Å². The average molecular weight is 811 g/mol. The number of anilines is 1. The standard InChI is InChI=1S/C40H58ClFN2O6P2S/c1-25(27(3)53(46,47)44(51-8)52-9)12-13-26(2)37(48-7)30-16-14-29(30)22-43-23-40(20-10-11-31-32(40)17-18-33(41)36(31)42)24-49-35-19-15-28(21-34(35)43)38(45)50-39(4,5)6/h13,15,17-19,21,25,27,29-30,37,51-52H,10-12,14,16,20,22-24H2,1-9H3/b26-13+/t25-,27+,29-,30+,37-,40-/m0/s1. The largest absolute Gasteiger partial charge is 0.490 e. The average Bonchev–Trinajstić information content (AvgIpc) is 3.25. The number of carbonyl (C=O) groups is 1. The number of hydrogen-bond donors (Lipinski definition) is 0. The molecule has 2 aromatic rings. The van der Waals surface area contributed by atoms with E-state index in [4.69, 9.17) is 25.8 Å². The Labute approximate surface area is 325 Å². The molecule has 0 aromatic heterocycles. The Morgan fingerprint density at radius 3 is 2.53 bits per heavy atom. The molecule has 8 nitrogen and oxygen atoms in total. The number of nitrogens with zero attached hydrogens (tertiary/aromatic N) is 2. The third-order valence-electron chi connectivity index (χ3n) is 11.5. The van der Waals surface area contributed by atoms with Crippen molar-refractivity contribution in [1.29, 1.82) is 0 Å². The number of ether oxygens (including phenoxy) is 3. The van der Waals surface area contributed by atoms with Gasteiger partial charge in [-0.1, -0.05) is 30.7 Å². The van der Waals surface area contributed by atoms with E-state index in [1.165, 1.54) is 0 Å². The molecule has 3 aliphatic rings. The van der Waals surface area contributed by atoms with E-state index in [1.54, 1.807) is 23.1 Å². The maximum atomic E-state index is 15.5. The van der Waals surface area contributed by atoms with Gasteiger partial charge in [-0.05, 0) is 163 Å². The summed E-state index contributed by atoms with van der Waals surface area (Å²) in [4.78, 5) is 15.6. The van der Waals surface area contributed by atoms with Crippen molar-refractivity contribution < 1.29 is 31.8 Å². The van der Waals surface area contributed by atoms with Crippen LogP contribution >= 0.6 is 29.1 Å². The maximum absolute atomic E-state index is 15.5. The highest BCUT2D eigenvalue weighted by Gasteiger charge is 2.45. The van der Waals surface area contributed by atoms with Gasteiger partial charge < -0.3 is 19.1 Å². The first-order valence-corrected chi connectivity index (χ1v) is 23.5. The van der Waals surface area contributed by atoms with Gasteiger partial charge in [0.25, 0.3) is 0 Å². The van der Waals surface area contributed by atoms with Gasteiger partial charge in [0.15, 0.2) is 0 Å². The Morgan fingerprint density at radius 1 is 1.19 bits per heavy atom. The van der Waals surface area contributed by atoms with Crippen LogP contribution in [0.25, 0.3) is 0 Å². The van der Waals surface area contributed by atoms with Gasteiger partial charge in [0.1, 0.15) is 17.2 Å². The number of hydrogen-bond acceptors (Lipinski definition) is 7. The zero-order chi connectivity index (χ0) is 38.9. The molecule has 2 aliphatic carbocycles. The predicted molar refractivity (Wildman–Crippen MR) is 219 cm³/mol. The summed E-state index contributed by atoms with van der Waals surface area (Å²) in [5.41, 5.74) is 2.90. The number of fused-ring (bicyclic) bond motifs is 3. The van der Waals surface area contributed by atoms with E-state index in [9.17, 15) is 13.2 Å². The maximum Gasteiger partial charge on any atom is 0.338 e. The van der Waals surface area contributed by atoms with Gasteiger partial charge in [0.05, 0.1) is 34.2 Å². The van der Waals surface area contributed by atoms with Crippen molar-refractivity contribution in [3.05, 3.63) is 69.5 Å². The fourth-order valence-corrected chi connectivity index (χ4v) is 13.5. The van der Waals surface area contributed by atoms with Crippen molar-refractivity contribution in [1.82, 2.24) is 3.85 Å². The number of sulfonamides is 1. The van der Waals surface area contributed by atoms with Gasteiger partial charge >= 0.3 is 5.97 Å². The molecule has 1 aliphatic heterocycles. The van der Waals surface area contributed by atoms with Gasteiger partial charge in [0, 0.05) is 25.6 Å². The number of rotatable bonds is 13. The molecule has 294 valence electrons. The van der Waals surface area contributed by atoms with Gasteiger partial charge in [0.2, 0.25) is 10.0 Å². The van der Waals surface area contributed by atoms with Crippen LogP contribution in [0, 0.1) is 23.6 Å². The van der Waals surface area contributed by atoms with Crippen molar-refractivity contribution >= 4 is 50.7 Å². The topological polar surface area (TPSA) is 85.4 Å². The van der Waals surface area contributed by atoms with E-state index in [0.29, 0.717) is 49.4 Å². The van der Waals surface area contributed by atoms with Crippen molar-refractivity contribution in [3.8, 4) is 5.75 Å². The molecule has 2 unspecified atom stereocenters. The normalized spacial score (nSPS) is 24.2. The Kier molecular flexibility index (Phi) is 13.7. The third kappa shape index (κ3) is 9.10. The first kappa shape index (κ1) is 42.3. The molecule has 0 N–H and O–H groups in total. The molecule has 2 aromatic carbocycles. The fourth-order valence-electron chi connectivity index (χ4n) is 8.32. The van der Waals surface area contributed by atoms with E-state index in [-0.39, 0.29) is 52.2 Å². The molecule has 1 saturated carbocycles. The highest BCUT2D eigenvalue weighted by molar-refractivity contribution is 7.97. The second-order valence-corrected chi connectivity index (χ2v) is 21.6. The summed E-state index contributed by atoms with van der Waals surface area (Å²) >= 11 is 6.27. The molecule has 0 amide bonds. The van der Waals surface area contributed by atoms with Gasteiger partial charge in [-0.15, -0.1) is 0 Å². The Morgan fingerprint density at radius 2 is 1.91 bits per heavy atom. The zero-order valence-electron chi connectivity index (χ0n) is 32.7. The Balaban J connectivity index is 1.43. The molecule has 1 spiro atoms. The van der Waals surface area contributed by atoms with Crippen LogP contribution in [0.1, 0.15) is 95.1 Å². The molecule has 0 bridgehead atoms. The summed E-state index contributed by atoms with van der Waals surface area (Å²) in [5.74, 6) is 0.427. The van der Waals surface area contributed by atoms with E-state index < -0.39 is 32.3 Å². The molecule has 53 heavy (non-hydrogen) atoms. The summed E-state index contributed by atoms with van der Waals surface area (Å²) in [6, 6.07) is 9.14. The zero-order valence-corrected chi connectivity index (χ0v) is 36.3. The number of esters is 1. The summed E-state index contributed by atoms with van der Waals surface area (Å²) in [5, 5.41) is -0.347. The number of methoxy groups -OCH3 is 1. The SMILES string of the molecule is CO[C@@H](/C(C)=C/C[C@H](C)[C@@H](C)S(=O)(=O)N(PC)PC)[C@@H]1CC[C@H]1CN1C[C@@]2(CCCc3c2ccc(Cl)c3F)COc2ccc(C(=O)OC(C)(C)C)cc21. The molecule has 13 heteroatoms. The van der Waals surface area contributed by atoms with Crippen LogP contribution in [0.2, 0.25) is 5.02 Å². The molecular formula is C40H58ClFN2O6P2S. The second kappa shape index (κ2) is 17.1. The van der Waals surface area contributed by atoms with E-state index in [1.807, 2.05) is 66.1 Å². The molecule has 0 radical (unpaired) electrons. The van der Waals surface area contributed by atoms with Crippen molar-refractivity contribution in [2.24, 2.45) is 17.8 Å². The van der Waals surface area contributed by atoms with E-state index in [2.05, 4.69) is 17.9 Å². The summed E-state index contributed by atoms with van der Waals surface area (Å²) < 4.78 is 62.1. The third-order valence-corrected chi connectivity index (χ3v) is 18.5. The first-order chi connectivity index (χ1) is 25.0. The molecular weight excluding hydrogens is 753 g/mol. The highest BCUT2D eigenvalue weighted by Crippen LogP contribution is 2.48. The lowest BCUT2D eigenvalue weighted by molar-refractivity contribution is 0.00613. The highest BCUT2D eigenvalue weighted by atomic mass is 35.5. The van der Waals surface area contributed by atoms with E-state index >= 15 is 4.39 Å². The lowest BCUT2D eigenvalue weighted by Gasteiger charge is -2.46. The number of halogens is 2. The van der Waals surface area contributed by atoms with Crippen LogP contribution in [-0.4, -0.2) is 75.3 Å².